The molecule has 1 aromatic carbocycles. The molecule has 0 aliphatic carbocycles. The molecule has 1 amide bonds. The van der Waals surface area contributed by atoms with E-state index in [0.717, 1.165) is 11.3 Å². The van der Waals surface area contributed by atoms with E-state index >= 15 is 0 Å². The summed E-state index contributed by atoms with van der Waals surface area (Å²) in [5.74, 6) is 0.0751. The zero-order chi connectivity index (χ0) is 15.2. The molecule has 21 heavy (non-hydrogen) atoms. The Morgan fingerprint density at radius 3 is 2.48 bits per heavy atom. The number of amides is 1. The Bertz CT molecular complexity index is 579. The highest BCUT2D eigenvalue weighted by atomic mass is 16.2. The minimum absolute atomic E-state index is 0.0751. The van der Waals surface area contributed by atoms with Gasteiger partial charge >= 0.3 is 0 Å². The Hall–Kier alpha value is -2.36. The number of nitrogens with zero attached hydrogens (tertiary/aromatic N) is 2. The number of rotatable bonds is 5. The lowest BCUT2D eigenvalue weighted by Crippen LogP contribution is -2.37. The van der Waals surface area contributed by atoms with Crippen LogP contribution in [-0.2, 0) is 17.8 Å². The third-order valence-electron chi connectivity index (χ3n) is 3.32. The van der Waals surface area contributed by atoms with Crippen LogP contribution in [-0.4, -0.2) is 21.8 Å². The van der Waals surface area contributed by atoms with Crippen molar-refractivity contribution in [3.8, 4) is 0 Å². The van der Waals surface area contributed by atoms with Crippen LogP contribution in [0, 0.1) is 0 Å². The first kappa shape index (κ1) is 15.0. The maximum atomic E-state index is 12.5. The van der Waals surface area contributed by atoms with Gasteiger partial charge in [0.15, 0.2) is 0 Å². The van der Waals surface area contributed by atoms with Gasteiger partial charge in [0.2, 0.25) is 5.91 Å². The smallest absolute Gasteiger partial charge is 0.229 e. The fraction of sp³-hybridized carbons (Fsp3) is 0.294. The monoisotopic (exact) mass is 283 g/mol. The highest BCUT2D eigenvalue weighted by Gasteiger charge is 2.18. The predicted octanol–water partition coefficient (Wildman–Crippen LogP) is 2.64. The molecule has 0 aliphatic rings. The minimum Gasteiger partial charge on any atom is -0.397 e. The minimum atomic E-state index is 0.0751. The molecule has 0 saturated heterocycles. The standard InChI is InChI=1S/C17H21N3O/c1-13(2)20(12-14-6-4-3-5-7-14)17(21)10-16-9-8-15(18)11-19-16/h3-9,11,13H,10,12,18H2,1-2H3. The van der Waals surface area contributed by atoms with E-state index < -0.39 is 0 Å². The Balaban J connectivity index is 2.07. The second kappa shape index (κ2) is 6.88. The number of nitrogens with two attached hydrogens (primary N) is 1. The van der Waals surface area contributed by atoms with Crippen molar-refractivity contribution >= 4 is 11.6 Å². The van der Waals surface area contributed by atoms with Crippen LogP contribution in [0.15, 0.2) is 48.7 Å². The molecule has 0 saturated carbocycles. The maximum absolute atomic E-state index is 12.5. The van der Waals surface area contributed by atoms with Gasteiger partial charge in [0, 0.05) is 18.3 Å². The zero-order valence-corrected chi connectivity index (χ0v) is 12.5. The number of anilines is 1. The summed E-state index contributed by atoms with van der Waals surface area (Å²) < 4.78 is 0. The van der Waals surface area contributed by atoms with Crippen LogP contribution in [0.2, 0.25) is 0 Å². The van der Waals surface area contributed by atoms with Crippen molar-refractivity contribution in [3.05, 3.63) is 59.9 Å². The maximum Gasteiger partial charge on any atom is 0.229 e. The average Bonchev–Trinajstić information content (AvgIpc) is 2.48. The number of carbonyl (C=O) groups excluding carboxylic acids is 1. The summed E-state index contributed by atoms with van der Waals surface area (Å²) >= 11 is 0. The molecule has 2 N–H and O–H groups in total. The molecule has 0 fully saturated rings. The molecule has 2 rings (SSSR count). The van der Waals surface area contributed by atoms with Gasteiger partial charge in [-0.15, -0.1) is 0 Å². The third-order valence-corrected chi connectivity index (χ3v) is 3.32. The quantitative estimate of drug-likeness (QED) is 0.917. The van der Waals surface area contributed by atoms with E-state index in [1.54, 1.807) is 18.3 Å². The molecule has 4 heteroatoms. The predicted molar refractivity (Wildman–Crippen MR) is 84.5 cm³/mol. The molecular formula is C17H21N3O. The van der Waals surface area contributed by atoms with Gasteiger partial charge in [0.1, 0.15) is 0 Å². The number of hydrogen-bond acceptors (Lipinski definition) is 3. The van der Waals surface area contributed by atoms with Crippen LogP contribution in [0.25, 0.3) is 0 Å². The Morgan fingerprint density at radius 1 is 1.19 bits per heavy atom. The van der Waals surface area contributed by atoms with Gasteiger partial charge in [-0.3, -0.25) is 9.78 Å². The van der Waals surface area contributed by atoms with Gasteiger partial charge in [0.05, 0.1) is 18.3 Å². The van der Waals surface area contributed by atoms with E-state index in [9.17, 15) is 4.79 Å². The summed E-state index contributed by atoms with van der Waals surface area (Å²) in [6.07, 6.45) is 1.88. The summed E-state index contributed by atoms with van der Waals surface area (Å²) in [4.78, 5) is 18.6. The summed E-state index contributed by atoms with van der Waals surface area (Å²) in [6, 6.07) is 13.7. The van der Waals surface area contributed by atoms with E-state index in [-0.39, 0.29) is 11.9 Å². The van der Waals surface area contributed by atoms with Crippen molar-refractivity contribution in [3.63, 3.8) is 0 Å². The summed E-state index contributed by atoms with van der Waals surface area (Å²) in [5.41, 5.74) is 8.09. The first-order chi connectivity index (χ1) is 10.1. The van der Waals surface area contributed by atoms with Crippen molar-refractivity contribution in [2.45, 2.75) is 32.9 Å². The highest BCUT2D eigenvalue weighted by molar-refractivity contribution is 5.78. The molecule has 0 aliphatic heterocycles. The Labute approximate surface area is 125 Å². The SMILES string of the molecule is CC(C)N(Cc1ccccc1)C(=O)Cc1ccc(N)cn1. The number of pyridine rings is 1. The second-order valence-electron chi connectivity index (χ2n) is 5.36. The molecule has 110 valence electrons. The van der Waals surface area contributed by atoms with Crippen LogP contribution in [0.5, 0.6) is 0 Å². The van der Waals surface area contributed by atoms with Gasteiger partial charge in [-0.1, -0.05) is 30.3 Å². The van der Waals surface area contributed by atoms with E-state index in [1.165, 1.54) is 0 Å². The topological polar surface area (TPSA) is 59.2 Å². The number of hydrogen-bond donors (Lipinski definition) is 1. The number of aromatic nitrogens is 1. The zero-order valence-electron chi connectivity index (χ0n) is 12.5. The van der Waals surface area contributed by atoms with Crippen LogP contribution >= 0.6 is 0 Å². The van der Waals surface area contributed by atoms with Crippen molar-refractivity contribution in [2.75, 3.05) is 5.73 Å². The van der Waals surface area contributed by atoms with Crippen molar-refractivity contribution in [2.24, 2.45) is 0 Å². The molecule has 2 aromatic rings. The molecular weight excluding hydrogens is 262 g/mol. The van der Waals surface area contributed by atoms with Gasteiger partial charge < -0.3 is 10.6 Å². The van der Waals surface area contributed by atoms with Crippen molar-refractivity contribution < 1.29 is 4.79 Å². The largest absolute Gasteiger partial charge is 0.397 e. The molecule has 0 spiro atoms. The molecule has 4 nitrogen and oxygen atoms in total. The molecule has 1 heterocycles. The molecule has 0 radical (unpaired) electrons. The van der Waals surface area contributed by atoms with Gasteiger partial charge in [-0.2, -0.15) is 0 Å². The first-order valence-electron chi connectivity index (χ1n) is 7.10. The lowest BCUT2D eigenvalue weighted by Gasteiger charge is -2.27. The number of benzene rings is 1. The third kappa shape index (κ3) is 4.31. The number of nitrogen functional groups attached to an aromatic ring is 1. The van der Waals surface area contributed by atoms with E-state index in [0.29, 0.717) is 18.7 Å². The lowest BCUT2D eigenvalue weighted by molar-refractivity contribution is -0.132. The van der Waals surface area contributed by atoms with Crippen LogP contribution in [0.1, 0.15) is 25.1 Å². The fourth-order valence-corrected chi connectivity index (χ4v) is 2.14. The van der Waals surface area contributed by atoms with E-state index in [1.807, 2.05) is 49.1 Å². The number of carbonyl (C=O) groups is 1. The second-order valence-corrected chi connectivity index (χ2v) is 5.36. The molecule has 0 atom stereocenters. The van der Waals surface area contributed by atoms with Gasteiger partial charge in [0.25, 0.3) is 0 Å². The highest BCUT2D eigenvalue weighted by Crippen LogP contribution is 2.11. The van der Waals surface area contributed by atoms with E-state index in [4.69, 9.17) is 5.73 Å². The fourth-order valence-electron chi connectivity index (χ4n) is 2.14. The summed E-state index contributed by atoms with van der Waals surface area (Å²) in [5, 5.41) is 0. The van der Waals surface area contributed by atoms with Gasteiger partial charge in [-0.05, 0) is 31.5 Å². The van der Waals surface area contributed by atoms with E-state index in [2.05, 4.69) is 4.98 Å². The first-order valence-corrected chi connectivity index (χ1v) is 7.10. The van der Waals surface area contributed by atoms with Crippen molar-refractivity contribution in [1.82, 2.24) is 9.88 Å². The summed E-state index contributed by atoms with van der Waals surface area (Å²) in [7, 11) is 0. The Kier molecular flexibility index (Phi) is 4.93. The molecule has 0 unspecified atom stereocenters. The lowest BCUT2D eigenvalue weighted by atomic mass is 10.1. The van der Waals surface area contributed by atoms with Gasteiger partial charge in [-0.25, -0.2) is 0 Å². The van der Waals surface area contributed by atoms with Crippen LogP contribution in [0.3, 0.4) is 0 Å². The van der Waals surface area contributed by atoms with Crippen LogP contribution < -0.4 is 5.73 Å². The summed E-state index contributed by atoms with van der Waals surface area (Å²) in [6.45, 7) is 4.67. The normalized spacial score (nSPS) is 10.6. The van der Waals surface area contributed by atoms with Crippen molar-refractivity contribution in [1.29, 1.82) is 0 Å². The Morgan fingerprint density at radius 2 is 1.90 bits per heavy atom. The average molecular weight is 283 g/mol. The van der Waals surface area contributed by atoms with Crippen LogP contribution in [0.4, 0.5) is 5.69 Å². The molecule has 0 bridgehead atoms. The molecule has 1 aromatic heterocycles.